The van der Waals surface area contributed by atoms with E-state index in [9.17, 15) is 0 Å². The van der Waals surface area contributed by atoms with Crippen molar-refractivity contribution in [2.75, 3.05) is 25.4 Å². The minimum absolute atomic E-state index is 0.390. The third kappa shape index (κ3) is 4.59. The van der Waals surface area contributed by atoms with Crippen LogP contribution in [0.4, 0.5) is 0 Å². The van der Waals surface area contributed by atoms with Crippen LogP contribution in [0, 0.1) is 0 Å². The lowest BCUT2D eigenvalue weighted by molar-refractivity contribution is 0.191. The Kier molecular flexibility index (Phi) is 6.33. The summed E-state index contributed by atoms with van der Waals surface area (Å²) in [5.74, 6) is 2.03. The Balaban J connectivity index is 1.79. The highest BCUT2D eigenvalue weighted by molar-refractivity contribution is 8.00. The van der Waals surface area contributed by atoms with E-state index in [1.165, 1.54) is 12.3 Å². The van der Waals surface area contributed by atoms with Crippen molar-refractivity contribution in [3.05, 3.63) is 29.8 Å². The van der Waals surface area contributed by atoms with Gasteiger partial charge >= 0.3 is 0 Å². The number of benzene rings is 1. The van der Waals surface area contributed by atoms with Crippen LogP contribution in [0.3, 0.4) is 0 Å². The van der Waals surface area contributed by atoms with Crippen molar-refractivity contribution in [3.63, 3.8) is 0 Å². The minimum Gasteiger partial charge on any atom is -0.493 e. The molecule has 21 heavy (non-hydrogen) atoms. The molecule has 0 radical (unpaired) electrons. The Labute approximate surface area is 137 Å². The van der Waals surface area contributed by atoms with Gasteiger partial charge in [0.1, 0.15) is 10.7 Å². The number of ether oxygens (including phenoxy) is 1. The fourth-order valence-corrected chi connectivity index (χ4v) is 3.89. The highest BCUT2D eigenvalue weighted by Crippen LogP contribution is 2.24. The Hall–Kier alpha value is -0.780. The predicted octanol–water partition coefficient (Wildman–Crippen LogP) is 2.92. The van der Waals surface area contributed by atoms with Crippen molar-refractivity contribution in [1.82, 2.24) is 4.90 Å². The van der Waals surface area contributed by atoms with Crippen LogP contribution in [0.2, 0.25) is 0 Å². The van der Waals surface area contributed by atoms with Crippen molar-refractivity contribution in [2.24, 2.45) is 5.73 Å². The normalized spacial score (nSPS) is 23.0. The van der Waals surface area contributed by atoms with Gasteiger partial charge in [-0.25, -0.2) is 0 Å². The lowest BCUT2D eigenvalue weighted by Gasteiger charge is -2.37. The lowest BCUT2D eigenvalue weighted by Crippen LogP contribution is -2.45. The second kappa shape index (κ2) is 8.01. The van der Waals surface area contributed by atoms with E-state index in [0.717, 1.165) is 29.5 Å². The molecular weight excluding hydrogens is 300 g/mol. The minimum atomic E-state index is 0.390. The van der Waals surface area contributed by atoms with E-state index in [4.69, 9.17) is 22.7 Å². The third-order valence-electron chi connectivity index (χ3n) is 4.01. The first-order valence-electron chi connectivity index (χ1n) is 7.47. The van der Waals surface area contributed by atoms with Gasteiger partial charge < -0.3 is 10.5 Å². The number of thioether (sulfide) groups is 1. The molecule has 0 aromatic heterocycles. The first-order chi connectivity index (χ1) is 10.1. The lowest BCUT2D eigenvalue weighted by atomic mass is 10.2. The number of nitrogens with two attached hydrogens (primary N) is 1. The summed E-state index contributed by atoms with van der Waals surface area (Å²) < 4.78 is 5.85. The quantitative estimate of drug-likeness (QED) is 0.643. The maximum atomic E-state index is 5.85. The zero-order valence-corrected chi connectivity index (χ0v) is 14.4. The van der Waals surface area contributed by atoms with Gasteiger partial charge in [-0.3, -0.25) is 4.90 Å². The van der Waals surface area contributed by atoms with Crippen LogP contribution in [0.1, 0.15) is 25.8 Å². The number of rotatable bonds is 6. The number of hydrogen-bond donors (Lipinski definition) is 1. The number of nitrogens with zero attached hydrogens (tertiary/aromatic N) is 1. The van der Waals surface area contributed by atoms with E-state index in [1.807, 2.05) is 24.3 Å². The van der Waals surface area contributed by atoms with Crippen LogP contribution >= 0.6 is 24.0 Å². The van der Waals surface area contributed by atoms with Crippen molar-refractivity contribution >= 4 is 29.0 Å². The summed E-state index contributed by atoms with van der Waals surface area (Å²) in [5.41, 5.74) is 6.53. The van der Waals surface area contributed by atoms with Gasteiger partial charge in [0.05, 0.1) is 12.2 Å². The molecule has 0 saturated carbocycles. The van der Waals surface area contributed by atoms with E-state index in [2.05, 4.69) is 30.5 Å². The maximum absolute atomic E-state index is 5.85. The zero-order chi connectivity index (χ0) is 15.2. The second-order valence-electron chi connectivity index (χ2n) is 5.41. The zero-order valence-electron chi connectivity index (χ0n) is 12.7. The fraction of sp³-hybridized carbons (Fsp3) is 0.562. The molecule has 1 aromatic carbocycles. The summed E-state index contributed by atoms with van der Waals surface area (Å²) in [6, 6.07) is 8.35. The largest absolute Gasteiger partial charge is 0.493 e. The van der Waals surface area contributed by atoms with E-state index >= 15 is 0 Å². The van der Waals surface area contributed by atoms with Gasteiger partial charge in [0.15, 0.2) is 0 Å². The predicted molar refractivity (Wildman–Crippen MR) is 95.4 cm³/mol. The molecular formula is C16H24N2OS2. The SMILES string of the molecule is CC1SCCN(CCCOc2ccccc2C(N)=S)C1C. The van der Waals surface area contributed by atoms with Crippen molar-refractivity contribution in [1.29, 1.82) is 0 Å². The average molecular weight is 325 g/mol. The topological polar surface area (TPSA) is 38.5 Å². The monoisotopic (exact) mass is 324 g/mol. The molecule has 3 nitrogen and oxygen atoms in total. The molecule has 2 N–H and O–H groups in total. The molecule has 1 aliphatic rings. The molecule has 5 heteroatoms. The Morgan fingerprint density at radius 2 is 2.19 bits per heavy atom. The molecule has 1 fully saturated rings. The molecule has 0 amide bonds. The van der Waals surface area contributed by atoms with Crippen LogP contribution in [0.15, 0.2) is 24.3 Å². The van der Waals surface area contributed by atoms with Crippen LogP contribution in [-0.4, -0.2) is 46.6 Å². The van der Waals surface area contributed by atoms with Gasteiger partial charge in [-0.05, 0) is 25.5 Å². The molecule has 1 saturated heterocycles. The van der Waals surface area contributed by atoms with E-state index < -0.39 is 0 Å². The van der Waals surface area contributed by atoms with Gasteiger partial charge in [-0.2, -0.15) is 11.8 Å². The Morgan fingerprint density at radius 3 is 2.95 bits per heavy atom. The summed E-state index contributed by atoms with van der Waals surface area (Å²) in [6.45, 7) is 7.60. The first kappa shape index (κ1) is 16.6. The highest BCUT2D eigenvalue weighted by Gasteiger charge is 2.24. The molecule has 1 aliphatic heterocycles. The average Bonchev–Trinajstić information content (AvgIpc) is 2.48. The van der Waals surface area contributed by atoms with Crippen molar-refractivity contribution < 1.29 is 4.74 Å². The van der Waals surface area contributed by atoms with Crippen LogP contribution in [0.25, 0.3) is 0 Å². The molecule has 2 atom stereocenters. The van der Waals surface area contributed by atoms with Crippen LogP contribution < -0.4 is 10.5 Å². The summed E-state index contributed by atoms with van der Waals surface area (Å²) >= 11 is 7.12. The molecule has 116 valence electrons. The molecule has 2 unspecified atom stereocenters. The van der Waals surface area contributed by atoms with Gasteiger partial charge in [0.25, 0.3) is 0 Å². The van der Waals surface area contributed by atoms with Crippen molar-refractivity contribution in [3.8, 4) is 5.75 Å². The van der Waals surface area contributed by atoms with Gasteiger partial charge in [-0.1, -0.05) is 31.3 Å². The fourth-order valence-electron chi connectivity index (χ4n) is 2.56. The summed E-state index contributed by atoms with van der Waals surface area (Å²) in [5, 5.41) is 0.718. The Morgan fingerprint density at radius 1 is 1.43 bits per heavy atom. The van der Waals surface area contributed by atoms with Crippen LogP contribution in [-0.2, 0) is 0 Å². The summed E-state index contributed by atoms with van der Waals surface area (Å²) in [7, 11) is 0. The number of thiocarbonyl (C=S) groups is 1. The smallest absolute Gasteiger partial charge is 0.129 e. The summed E-state index contributed by atoms with van der Waals surface area (Å²) in [4.78, 5) is 2.95. The first-order valence-corrected chi connectivity index (χ1v) is 8.92. The molecule has 2 rings (SSSR count). The van der Waals surface area contributed by atoms with Gasteiger partial charge in [0, 0.05) is 30.1 Å². The van der Waals surface area contributed by atoms with Gasteiger partial charge in [0.2, 0.25) is 0 Å². The number of para-hydroxylation sites is 1. The third-order valence-corrected chi connectivity index (χ3v) is 5.57. The standard InChI is InChI=1S/C16H24N2OS2/c1-12-13(2)21-11-9-18(12)8-5-10-19-15-7-4-3-6-14(15)16(17)20/h3-4,6-7,12-13H,5,8-11H2,1-2H3,(H2,17,20). The molecule has 0 aliphatic carbocycles. The van der Waals surface area contributed by atoms with E-state index in [-0.39, 0.29) is 0 Å². The molecule has 1 aromatic rings. The molecule has 1 heterocycles. The van der Waals surface area contributed by atoms with Gasteiger partial charge in [-0.15, -0.1) is 0 Å². The highest BCUT2D eigenvalue weighted by atomic mass is 32.2. The Bertz CT molecular complexity index is 481. The maximum Gasteiger partial charge on any atom is 0.129 e. The second-order valence-corrected chi connectivity index (χ2v) is 7.34. The summed E-state index contributed by atoms with van der Waals surface area (Å²) in [6.07, 6.45) is 1.02. The van der Waals surface area contributed by atoms with Crippen molar-refractivity contribution in [2.45, 2.75) is 31.6 Å². The molecule has 0 spiro atoms. The van der Waals surface area contributed by atoms with E-state index in [1.54, 1.807) is 0 Å². The van der Waals surface area contributed by atoms with E-state index in [0.29, 0.717) is 17.6 Å². The van der Waals surface area contributed by atoms with Crippen LogP contribution in [0.5, 0.6) is 5.75 Å². The number of hydrogen-bond acceptors (Lipinski definition) is 4. The molecule has 0 bridgehead atoms.